The molecule has 1 aliphatic rings. The van der Waals surface area contributed by atoms with Gasteiger partial charge in [0.15, 0.2) is 0 Å². The summed E-state index contributed by atoms with van der Waals surface area (Å²) in [6, 6.07) is 3.65. The Morgan fingerprint density at radius 2 is 2.45 bits per heavy atom. The lowest BCUT2D eigenvalue weighted by Gasteiger charge is -1.90. The van der Waals surface area contributed by atoms with Gasteiger partial charge < -0.3 is 0 Å². The number of thiocarbonyl (C=S) groups is 1. The van der Waals surface area contributed by atoms with Gasteiger partial charge in [0.25, 0.3) is 0 Å². The van der Waals surface area contributed by atoms with Crippen LogP contribution in [0.15, 0.2) is 23.4 Å². The number of fused-ring (bicyclic) bond motifs is 1. The summed E-state index contributed by atoms with van der Waals surface area (Å²) < 4.78 is 11.9. The van der Waals surface area contributed by atoms with Crippen LogP contribution < -0.4 is 0 Å². The summed E-state index contributed by atoms with van der Waals surface area (Å²) in [5.74, 6) is 0. The van der Waals surface area contributed by atoms with Gasteiger partial charge >= 0.3 is 0 Å². The van der Waals surface area contributed by atoms with Crippen LogP contribution in [0.25, 0.3) is 0 Å². The molecule has 0 aromatic carbocycles. The second-order valence-corrected chi connectivity index (χ2v) is 5.47. The molecule has 56 valence electrons. The second-order valence-electron chi connectivity index (χ2n) is 1.96. The number of rotatable bonds is 0. The third-order valence-electron chi connectivity index (χ3n) is 1.30. The Labute approximate surface area is 75.3 Å². The predicted octanol–water partition coefficient (Wildman–Crippen LogP) is 1.53. The van der Waals surface area contributed by atoms with Crippen molar-refractivity contribution in [1.82, 2.24) is 4.98 Å². The van der Waals surface area contributed by atoms with Crippen molar-refractivity contribution in [3.8, 4) is 0 Å². The van der Waals surface area contributed by atoms with Crippen LogP contribution in [0.4, 0.5) is 0 Å². The Balaban J connectivity index is 2.69. The highest BCUT2D eigenvalue weighted by atomic mass is 33.1. The quantitative estimate of drug-likeness (QED) is 0.470. The lowest BCUT2D eigenvalue weighted by atomic mass is 10.3. The van der Waals surface area contributed by atoms with E-state index in [2.05, 4.69) is 4.98 Å². The molecule has 2 nitrogen and oxygen atoms in total. The first-order chi connectivity index (χ1) is 5.29. The topological polar surface area (TPSA) is 30.0 Å². The van der Waals surface area contributed by atoms with Crippen molar-refractivity contribution in [2.75, 3.05) is 0 Å². The molecular weight excluding hydrogens is 198 g/mol. The molecule has 0 fully saturated rings. The summed E-state index contributed by atoms with van der Waals surface area (Å²) in [4.78, 5) is 3.98. The van der Waals surface area contributed by atoms with Crippen molar-refractivity contribution in [3.63, 3.8) is 0 Å². The van der Waals surface area contributed by atoms with Gasteiger partial charge in [-0.3, -0.25) is 0 Å². The fourth-order valence-corrected chi connectivity index (χ4v) is 3.97. The molecule has 1 aliphatic heterocycles. The molecule has 2 heterocycles. The standard InChI is InChI=1S/C6H3NOS3/c8-11-5-4(6(9)10-11)2-1-3-7-5/h1-3H. The van der Waals surface area contributed by atoms with Crippen LogP contribution in [0.1, 0.15) is 5.56 Å². The predicted molar refractivity (Wildman–Crippen MR) is 49.9 cm³/mol. The fraction of sp³-hybridized carbons (Fsp3) is 0. The number of hydrogen-bond donors (Lipinski definition) is 0. The Bertz CT molecular complexity index is 316. The van der Waals surface area contributed by atoms with Crippen molar-refractivity contribution < 1.29 is 4.21 Å². The average Bonchev–Trinajstić information content (AvgIpc) is 2.30. The fourth-order valence-electron chi connectivity index (χ4n) is 0.832. The van der Waals surface area contributed by atoms with Crippen molar-refractivity contribution in [2.45, 2.75) is 5.03 Å². The molecular formula is C6H3NOS3. The molecule has 2 rings (SSSR count). The highest BCUT2D eigenvalue weighted by Gasteiger charge is 2.24. The van der Waals surface area contributed by atoms with E-state index in [0.717, 1.165) is 5.56 Å². The first kappa shape index (κ1) is 7.39. The molecule has 0 spiro atoms. The number of nitrogens with zero attached hydrogens (tertiary/aromatic N) is 1. The zero-order valence-electron chi connectivity index (χ0n) is 5.31. The summed E-state index contributed by atoms with van der Waals surface area (Å²) in [5.41, 5.74) is 0.853. The average molecular weight is 201 g/mol. The first-order valence-electron chi connectivity index (χ1n) is 2.88. The molecule has 1 aromatic heterocycles. The number of hydrogen-bond acceptors (Lipinski definition) is 4. The Kier molecular flexibility index (Phi) is 1.78. The van der Waals surface area contributed by atoms with E-state index in [1.165, 1.54) is 10.8 Å². The minimum absolute atomic E-state index is 0.613. The van der Waals surface area contributed by atoms with Crippen molar-refractivity contribution >= 4 is 37.0 Å². The molecule has 1 unspecified atom stereocenters. The van der Waals surface area contributed by atoms with Gasteiger partial charge in [-0.05, 0) is 22.9 Å². The van der Waals surface area contributed by atoms with E-state index in [1.54, 1.807) is 12.3 Å². The molecule has 0 amide bonds. The van der Waals surface area contributed by atoms with Crippen molar-refractivity contribution in [3.05, 3.63) is 23.9 Å². The van der Waals surface area contributed by atoms with E-state index in [9.17, 15) is 4.21 Å². The maximum atomic E-state index is 11.2. The molecule has 0 saturated heterocycles. The summed E-state index contributed by atoms with van der Waals surface area (Å²) in [6.45, 7) is 0. The lowest BCUT2D eigenvalue weighted by Crippen LogP contribution is -1.88. The molecule has 0 saturated carbocycles. The molecule has 0 N–H and O–H groups in total. The van der Waals surface area contributed by atoms with Crippen LogP contribution in [0.3, 0.4) is 0 Å². The highest BCUT2D eigenvalue weighted by Crippen LogP contribution is 2.32. The van der Waals surface area contributed by atoms with Gasteiger partial charge in [0.1, 0.15) is 14.9 Å². The van der Waals surface area contributed by atoms with E-state index >= 15 is 0 Å². The van der Waals surface area contributed by atoms with Gasteiger partial charge in [-0.1, -0.05) is 12.2 Å². The minimum atomic E-state index is -1.06. The van der Waals surface area contributed by atoms with Crippen LogP contribution in [-0.4, -0.2) is 13.4 Å². The van der Waals surface area contributed by atoms with Gasteiger partial charge in [-0.2, -0.15) is 0 Å². The van der Waals surface area contributed by atoms with Gasteiger partial charge in [-0.25, -0.2) is 9.19 Å². The molecule has 11 heavy (non-hydrogen) atoms. The van der Waals surface area contributed by atoms with Crippen LogP contribution in [0, 0.1) is 0 Å². The Morgan fingerprint density at radius 1 is 1.64 bits per heavy atom. The molecule has 1 aromatic rings. The SMILES string of the molecule is O=S1SC(=S)c2cccnc21. The summed E-state index contributed by atoms with van der Waals surface area (Å²) in [5, 5.41) is 0.613. The number of aromatic nitrogens is 1. The van der Waals surface area contributed by atoms with Crippen LogP contribution >= 0.6 is 23.0 Å². The maximum Gasteiger partial charge on any atom is 0.147 e. The van der Waals surface area contributed by atoms with Gasteiger partial charge in [-0.15, -0.1) is 0 Å². The van der Waals surface area contributed by atoms with E-state index in [0.29, 0.717) is 9.22 Å². The van der Waals surface area contributed by atoms with Crippen LogP contribution in [0.5, 0.6) is 0 Å². The van der Waals surface area contributed by atoms with E-state index in [-0.39, 0.29) is 0 Å². The maximum absolute atomic E-state index is 11.2. The number of pyridine rings is 1. The summed E-state index contributed by atoms with van der Waals surface area (Å²) in [7, 11) is 0.127. The van der Waals surface area contributed by atoms with Crippen LogP contribution in [-0.2, 0) is 9.83 Å². The zero-order valence-corrected chi connectivity index (χ0v) is 7.76. The Morgan fingerprint density at radius 3 is 3.18 bits per heavy atom. The van der Waals surface area contributed by atoms with Crippen LogP contribution in [0.2, 0.25) is 0 Å². The lowest BCUT2D eigenvalue weighted by molar-refractivity contribution is 0.689. The highest BCUT2D eigenvalue weighted by molar-refractivity contribution is 8.78. The van der Waals surface area contributed by atoms with Crippen molar-refractivity contribution in [2.24, 2.45) is 0 Å². The second kappa shape index (κ2) is 2.66. The largest absolute Gasteiger partial charge is 0.246 e. The molecule has 0 radical (unpaired) electrons. The van der Waals surface area contributed by atoms with Gasteiger partial charge in [0, 0.05) is 11.8 Å². The summed E-state index contributed by atoms with van der Waals surface area (Å²) >= 11 is 4.98. The van der Waals surface area contributed by atoms with Gasteiger partial charge in [0.05, 0.1) is 4.20 Å². The third-order valence-corrected chi connectivity index (χ3v) is 4.68. The monoisotopic (exact) mass is 201 g/mol. The van der Waals surface area contributed by atoms with Crippen molar-refractivity contribution in [1.29, 1.82) is 0 Å². The summed E-state index contributed by atoms with van der Waals surface area (Å²) in [6.07, 6.45) is 1.63. The minimum Gasteiger partial charge on any atom is -0.246 e. The normalized spacial score (nSPS) is 21.8. The molecule has 0 aliphatic carbocycles. The molecule has 5 heteroatoms. The van der Waals surface area contributed by atoms with E-state index < -0.39 is 9.83 Å². The molecule has 0 bridgehead atoms. The van der Waals surface area contributed by atoms with E-state index in [4.69, 9.17) is 12.2 Å². The smallest absolute Gasteiger partial charge is 0.147 e. The van der Waals surface area contributed by atoms with E-state index in [1.807, 2.05) is 6.07 Å². The first-order valence-corrected chi connectivity index (χ1v) is 5.77. The van der Waals surface area contributed by atoms with Gasteiger partial charge in [0.2, 0.25) is 0 Å². The molecule has 1 atom stereocenters. The third kappa shape index (κ3) is 1.13. The Hall–Kier alpha value is -0.260. The zero-order chi connectivity index (χ0) is 7.84.